The molecule has 0 radical (unpaired) electrons. The number of nitrogens with zero attached hydrogens (tertiary/aromatic N) is 1. The Balaban J connectivity index is 1.84. The smallest absolute Gasteiger partial charge is 0.0702 e. The molecule has 0 fully saturated rings. The Morgan fingerprint density at radius 2 is 1.64 bits per heavy atom. The molecule has 0 bridgehead atoms. The molecule has 0 N–H and O–H groups in total. The van der Waals surface area contributed by atoms with Gasteiger partial charge in [0.2, 0.25) is 0 Å². The van der Waals surface area contributed by atoms with E-state index in [1.807, 2.05) is 60.7 Å². The molecule has 0 spiro atoms. The van der Waals surface area contributed by atoms with Crippen molar-refractivity contribution in [1.82, 2.24) is 4.98 Å². The minimum Gasteiger partial charge on any atom is -0.255 e. The molecule has 1 heterocycles. The summed E-state index contributed by atoms with van der Waals surface area (Å²) in [4.78, 5) is 4.46. The van der Waals surface area contributed by atoms with E-state index in [9.17, 15) is 0 Å². The van der Waals surface area contributed by atoms with E-state index in [0.717, 1.165) is 31.9 Å². The molecular weight excluding hydrogens is 358 g/mol. The molecule has 0 saturated carbocycles. The van der Waals surface area contributed by atoms with E-state index in [1.165, 1.54) is 0 Å². The fraction of sp³-hybridized carbons (Fsp3) is 0. The monoisotopic (exact) mass is 367 g/mol. The second kappa shape index (κ2) is 6.79. The van der Waals surface area contributed by atoms with Crippen LogP contribution in [0.3, 0.4) is 0 Å². The number of aromatic nitrogens is 1. The number of halogens is 2. The highest BCUT2D eigenvalue weighted by Gasteiger charge is 1.99. The molecule has 0 aliphatic heterocycles. The van der Waals surface area contributed by atoms with E-state index in [2.05, 4.69) is 32.8 Å². The zero-order valence-electron chi connectivity index (χ0n) is 11.6. The van der Waals surface area contributed by atoms with Gasteiger partial charge in [0.1, 0.15) is 0 Å². The molecule has 0 aliphatic rings. The Bertz CT molecular complexity index is 843. The Morgan fingerprint density at radius 1 is 0.864 bits per heavy atom. The zero-order chi connectivity index (χ0) is 15.4. The summed E-state index contributed by atoms with van der Waals surface area (Å²) in [5, 5.41) is 0.722. The van der Waals surface area contributed by atoms with Crippen LogP contribution in [0.5, 0.6) is 0 Å². The number of hydrogen-bond donors (Lipinski definition) is 0. The first-order valence-corrected chi connectivity index (χ1v) is 7.88. The lowest BCUT2D eigenvalue weighted by Gasteiger charge is -2.00. The molecule has 22 heavy (non-hydrogen) atoms. The first kappa shape index (κ1) is 14.8. The third-order valence-electron chi connectivity index (χ3n) is 3.12. The minimum atomic E-state index is 0.722. The Hall–Kier alpha value is -2.08. The summed E-state index contributed by atoms with van der Waals surface area (Å²) in [6.07, 6.45) is 1.79. The lowest BCUT2D eigenvalue weighted by Crippen LogP contribution is -1.85. The SMILES string of the molecule is Clc1ccc(-c2ccc(C#Cc3ccccc3Br)cn2)cc1. The molecule has 1 aromatic heterocycles. The first-order valence-electron chi connectivity index (χ1n) is 6.71. The van der Waals surface area contributed by atoms with Crippen molar-refractivity contribution in [3.63, 3.8) is 0 Å². The topological polar surface area (TPSA) is 12.9 Å². The average molecular weight is 369 g/mol. The Kier molecular flexibility index (Phi) is 4.58. The lowest BCUT2D eigenvalue weighted by atomic mass is 10.1. The van der Waals surface area contributed by atoms with Crippen LogP contribution < -0.4 is 0 Å². The van der Waals surface area contributed by atoms with Crippen LogP contribution in [-0.4, -0.2) is 4.98 Å². The number of pyridine rings is 1. The molecule has 0 amide bonds. The van der Waals surface area contributed by atoms with Gasteiger partial charge in [0.15, 0.2) is 0 Å². The van der Waals surface area contributed by atoms with E-state index in [0.29, 0.717) is 0 Å². The highest BCUT2D eigenvalue weighted by molar-refractivity contribution is 9.10. The molecule has 106 valence electrons. The molecule has 3 rings (SSSR count). The third-order valence-corrected chi connectivity index (χ3v) is 4.06. The Morgan fingerprint density at radius 3 is 2.32 bits per heavy atom. The van der Waals surface area contributed by atoms with Crippen molar-refractivity contribution in [3.05, 3.63) is 87.5 Å². The largest absolute Gasteiger partial charge is 0.255 e. The lowest BCUT2D eigenvalue weighted by molar-refractivity contribution is 1.31. The average Bonchev–Trinajstić information content (AvgIpc) is 2.55. The van der Waals surface area contributed by atoms with Gasteiger partial charge in [0, 0.05) is 32.4 Å². The fourth-order valence-corrected chi connectivity index (χ4v) is 2.47. The summed E-state index contributed by atoms with van der Waals surface area (Å²) in [6.45, 7) is 0. The summed E-state index contributed by atoms with van der Waals surface area (Å²) in [5.41, 5.74) is 3.79. The van der Waals surface area contributed by atoms with Crippen molar-refractivity contribution in [2.45, 2.75) is 0 Å². The van der Waals surface area contributed by atoms with Gasteiger partial charge < -0.3 is 0 Å². The van der Waals surface area contributed by atoms with Crippen LogP contribution in [0.1, 0.15) is 11.1 Å². The molecule has 0 unspecified atom stereocenters. The predicted octanol–water partition coefficient (Wildman–Crippen LogP) is 5.56. The van der Waals surface area contributed by atoms with Crippen LogP contribution in [0.2, 0.25) is 5.02 Å². The molecule has 3 heteroatoms. The van der Waals surface area contributed by atoms with Crippen molar-refractivity contribution < 1.29 is 0 Å². The van der Waals surface area contributed by atoms with Gasteiger partial charge in [-0.2, -0.15) is 0 Å². The second-order valence-electron chi connectivity index (χ2n) is 4.67. The van der Waals surface area contributed by atoms with E-state index in [4.69, 9.17) is 11.6 Å². The number of hydrogen-bond acceptors (Lipinski definition) is 1. The van der Waals surface area contributed by atoms with Gasteiger partial charge in [-0.05, 0) is 52.3 Å². The van der Waals surface area contributed by atoms with Gasteiger partial charge in [-0.3, -0.25) is 4.98 Å². The van der Waals surface area contributed by atoms with Gasteiger partial charge in [-0.25, -0.2) is 0 Å². The van der Waals surface area contributed by atoms with Crippen LogP contribution in [0.25, 0.3) is 11.3 Å². The maximum Gasteiger partial charge on any atom is 0.0702 e. The summed E-state index contributed by atoms with van der Waals surface area (Å²) >= 11 is 9.38. The van der Waals surface area contributed by atoms with Crippen molar-refractivity contribution >= 4 is 27.5 Å². The van der Waals surface area contributed by atoms with Gasteiger partial charge >= 0.3 is 0 Å². The molecule has 0 aliphatic carbocycles. The summed E-state index contributed by atoms with van der Waals surface area (Å²) in [5.74, 6) is 6.27. The molecule has 1 nitrogen and oxygen atoms in total. The summed E-state index contributed by atoms with van der Waals surface area (Å²) < 4.78 is 0.994. The number of rotatable bonds is 1. The van der Waals surface area contributed by atoms with E-state index in [1.54, 1.807) is 6.20 Å². The van der Waals surface area contributed by atoms with Crippen LogP contribution in [-0.2, 0) is 0 Å². The molecule has 2 aromatic carbocycles. The molecule has 0 atom stereocenters. The fourth-order valence-electron chi connectivity index (χ4n) is 1.96. The molecule has 0 saturated heterocycles. The highest BCUT2D eigenvalue weighted by atomic mass is 79.9. The quantitative estimate of drug-likeness (QED) is 0.512. The van der Waals surface area contributed by atoms with Crippen LogP contribution >= 0.6 is 27.5 Å². The van der Waals surface area contributed by atoms with E-state index in [-0.39, 0.29) is 0 Å². The molecule has 3 aromatic rings. The normalized spacial score (nSPS) is 9.91. The maximum atomic E-state index is 5.89. The standard InChI is InChI=1S/C19H11BrClN/c20-18-4-2-1-3-15(18)7-5-14-6-12-19(22-13-14)16-8-10-17(21)11-9-16/h1-4,6,8-13H. The van der Waals surface area contributed by atoms with Crippen molar-refractivity contribution in [2.24, 2.45) is 0 Å². The highest BCUT2D eigenvalue weighted by Crippen LogP contribution is 2.19. The van der Waals surface area contributed by atoms with Gasteiger partial charge in [0.05, 0.1) is 5.69 Å². The van der Waals surface area contributed by atoms with Gasteiger partial charge in [-0.15, -0.1) is 0 Å². The van der Waals surface area contributed by atoms with E-state index < -0.39 is 0 Å². The summed E-state index contributed by atoms with van der Waals surface area (Å²) in [6, 6.07) is 19.5. The molecular formula is C19H11BrClN. The zero-order valence-corrected chi connectivity index (χ0v) is 13.9. The van der Waals surface area contributed by atoms with Crippen LogP contribution in [0.4, 0.5) is 0 Å². The van der Waals surface area contributed by atoms with Crippen molar-refractivity contribution in [1.29, 1.82) is 0 Å². The first-order chi connectivity index (χ1) is 10.7. The van der Waals surface area contributed by atoms with Crippen LogP contribution in [0.15, 0.2) is 71.3 Å². The van der Waals surface area contributed by atoms with Gasteiger partial charge in [-0.1, -0.05) is 47.7 Å². The minimum absolute atomic E-state index is 0.722. The third kappa shape index (κ3) is 3.57. The van der Waals surface area contributed by atoms with Crippen molar-refractivity contribution in [2.75, 3.05) is 0 Å². The van der Waals surface area contributed by atoms with Crippen molar-refractivity contribution in [3.8, 4) is 23.1 Å². The number of benzene rings is 2. The van der Waals surface area contributed by atoms with Gasteiger partial charge in [0.25, 0.3) is 0 Å². The maximum absolute atomic E-state index is 5.89. The van der Waals surface area contributed by atoms with E-state index >= 15 is 0 Å². The second-order valence-corrected chi connectivity index (χ2v) is 5.96. The summed E-state index contributed by atoms with van der Waals surface area (Å²) in [7, 11) is 0. The predicted molar refractivity (Wildman–Crippen MR) is 94.8 cm³/mol. The Labute approximate surface area is 143 Å². The van der Waals surface area contributed by atoms with Crippen LogP contribution in [0, 0.1) is 11.8 Å².